The van der Waals surface area contributed by atoms with E-state index < -0.39 is 0 Å². The third kappa shape index (κ3) is 5.32. The highest BCUT2D eigenvalue weighted by molar-refractivity contribution is 9.10. The molecule has 76 valence electrons. The van der Waals surface area contributed by atoms with E-state index in [2.05, 4.69) is 32.9 Å². The first kappa shape index (κ1) is 13.6. The van der Waals surface area contributed by atoms with Crippen molar-refractivity contribution in [1.29, 1.82) is 5.26 Å². The van der Waals surface area contributed by atoms with Crippen LogP contribution in [0.4, 0.5) is 0 Å². The van der Waals surface area contributed by atoms with Crippen molar-refractivity contribution in [3.05, 3.63) is 27.5 Å². The van der Waals surface area contributed by atoms with Crippen molar-refractivity contribution < 1.29 is 0 Å². The normalized spacial score (nSPS) is 8.43. The van der Waals surface area contributed by atoms with Gasteiger partial charge in [-0.2, -0.15) is 17.0 Å². The van der Waals surface area contributed by atoms with E-state index in [1.54, 1.807) is 18.0 Å². The van der Waals surface area contributed by atoms with E-state index in [1.807, 2.05) is 6.07 Å². The van der Waals surface area contributed by atoms with Crippen molar-refractivity contribution in [3.8, 4) is 6.19 Å². The zero-order valence-electron chi connectivity index (χ0n) is 7.50. The van der Waals surface area contributed by atoms with Crippen LogP contribution in [0.25, 0.3) is 0 Å². The van der Waals surface area contributed by atoms with Gasteiger partial charge in [-0.05, 0) is 33.8 Å². The number of nitrogens with zero attached hydrogens (tertiary/aromatic N) is 2. The molecule has 1 rings (SSSR count). The molecule has 2 N–H and O–H groups in total. The molecular weight excluding hydrogens is 286 g/mol. The fourth-order valence-corrected chi connectivity index (χ4v) is 1.70. The van der Waals surface area contributed by atoms with Gasteiger partial charge in [0.25, 0.3) is 0 Å². The van der Waals surface area contributed by atoms with Gasteiger partial charge in [-0.15, -0.1) is 0 Å². The lowest BCUT2D eigenvalue weighted by atomic mass is 10.3. The fourth-order valence-electron chi connectivity index (χ4n) is 0.706. The molecule has 14 heavy (non-hydrogen) atoms. The minimum atomic E-state index is 0.523. The van der Waals surface area contributed by atoms with E-state index in [-0.39, 0.29) is 0 Å². The zero-order valence-corrected chi connectivity index (χ0v) is 10.7. The van der Waals surface area contributed by atoms with Crippen LogP contribution in [0, 0.1) is 11.5 Å². The SMILES string of the molecule is CSCc1cnc(Cl)c(Br)c1.N#CN. The Kier molecular flexibility index (Phi) is 7.67. The molecule has 0 aliphatic heterocycles. The highest BCUT2D eigenvalue weighted by Gasteiger charge is 1.98. The predicted molar refractivity (Wildman–Crippen MR) is 64.0 cm³/mol. The summed E-state index contributed by atoms with van der Waals surface area (Å²) in [5.41, 5.74) is 5.34. The first-order valence-electron chi connectivity index (χ1n) is 3.54. The summed E-state index contributed by atoms with van der Waals surface area (Å²) >= 11 is 10.8. The Morgan fingerprint density at radius 1 is 1.79 bits per heavy atom. The summed E-state index contributed by atoms with van der Waals surface area (Å²) in [6.45, 7) is 0. The van der Waals surface area contributed by atoms with Crippen LogP contribution in [0.3, 0.4) is 0 Å². The van der Waals surface area contributed by atoms with Crippen LogP contribution < -0.4 is 5.73 Å². The van der Waals surface area contributed by atoms with Gasteiger partial charge in [0.15, 0.2) is 6.19 Å². The van der Waals surface area contributed by atoms with Crippen LogP contribution in [0.1, 0.15) is 5.56 Å². The van der Waals surface area contributed by atoms with Crippen molar-refractivity contribution in [2.24, 2.45) is 5.73 Å². The fraction of sp³-hybridized carbons (Fsp3) is 0.250. The van der Waals surface area contributed by atoms with Crippen LogP contribution >= 0.6 is 39.3 Å². The summed E-state index contributed by atoms with van der Waals surface area (Å²) in [6, 6.07) is 1.99. The van der Waals surface area contributed by atoms with Crippen molar-refractivity contribution in [2.45, 2.75) is 5.75 Å². The third-order valence-electron chi connectivity index (χ3n) is 1.16. The standard InChI is InChI=1S/C7H7BrClNS.CH2N2/c1-11-4-5-2-6(8)7(9)10-3-5;2-1-3/h2-3H,4H2,1H3;2H2. The molecule has 0 unspecified atom stereocenters. The molecule has 6 heteroatoms. The summed E-state index contributed by atoms with van der Waals surface area (Å²) in [4.78, 5) is 4.00. The minimum absolute atomic E-state index is 0.523. The highest BCUT2D eigenvalue weighted by Crippen LogP contribution is 2.21. The number of nitrogens with two attached hydrogens (primary N) is 1. The van der Waals surface area contributed by atoms with Gasteiger partial charge in [-0.1, -0.05) is 11.6 Å². The lowest BCUT2D eigenvalue weighted by Gasteiger charge is -1.99. The van der Waals surface area contributed by atoms with Crippen LogP contribution in [-0.2, 0) is 5.75 Å². The highest BCUT2D eigenvalue weighted by atomic mass is 79.9. The molecule has 0 saturated carbocycles. The number of hydrogen-bond acceptors (Lipinski definition) is 4. The van der Waals surface area contributed by atoms with E-state index in [0.29, 0.717) is 5.15 Å². The number of thioether (sulfide) groups is 1. The lowest BCUT2D eigenvalue weighted by Crippen LogP contribution is -1.83. The van der Waals surface area contributed by atoms with Crippen molar-refractivity contribution >= 4 is 39.3 Å². The number of pyridine rings is 1. The third-order valence-corrected chi connectivity index (χ3v) is 2.92. The van der Waals surface area contributed by atoms with E-state index in [0.717, 1.165) is 10.2 Å². The Labute approximate surface area is 101 Å². The molecule has 0 aliphatic carbocycles. The summed E-state index contributed by atoms with van der Waals surface area (Å²) in [6.07, 6.45) is 5.10. The maximum atomic E-state index is 7.10. The molecule has 0 atom stereocenters. The van der Waals surface area contributed by atoms with Gasteiger partial charge < -0.3 is 5.73 Å². The molecule has 0 bridgehead atoms. The van der Waals surface area contributed by atoms with Gasteiger partial charge >= 0.3 is 0 Å². The lowest BCUT2D eigenvalue weighted by molar-refractivity contribution is 1.24. The number of halogens is 2. The van der Waals surface area contributed by atoms with Crippen LogP contribution in [0.2, 0.25) is 5.15 Å². The first-order valence-corrected chi connectivity index (χ1v) is 6.10. The van der Waals surface area contributed by atoms with Crippen molar-refractivity contribution in [3.63, 3.8) is 0 Å². The van der Waals surface area contributed by atoms with Crippen molar-refractivity contribution in [2.75, 3.05) is 6.26 Å². The van der Waals surface area contributed by atoms with Crippen LogP contribution in [0.5, 0.6) is 0 Å². The molecule has 0 aliphatic rings. The van der Waals surface area contributed by atoms with Gasteiger partial charge in [0.1, 0.15) is 5.15 Å². The van der Waals surface area contributed by atoms with E-state index in [9.17, 15) is 0 Å². The topological polar surface area (TPSA) is 62.7 Å². The maximum absolute atomic E-state index is 7.10. The number of hydrogen-bond donors (Lipinski definition) is 1. The molecule has 1 heterocycles. The Bertz CT molecular complexity index is 327. The summed E-state index contributed by atoms with van der Waals surface area (Å²) in [5, 5.41) is 7.62. The smallest absolute Gasteiger partial charge is 0.173 e. The minimum Gasteiger partial charge on any atom is -0.337 e. The van der Waals surface area contributed by atoms with E-state index in [1.165, 1.54) is 11.8 Å². The molecule has 0 fully saturated rings. The number of rotatable bonds is 2. The van der Waals surface area contributed by atoms with Crippen LogP contribution in [0.15, 0.2) is 16.7 Å². The average molecular weight is 295 g/mol. The molecule has 0 amide bonds. The molecule has 1 aromatic heterocycles. The average Bonchev–Trinajstić information content (AvgIpc) is 2.13. The van der Waals surface area contributed by atoms with E-state index >= 15 is 0 Å². The second-order valence-corrected chi connectivity index (χ2v) is 4.26. The van der Waals surface area contributed by atoms with E-state index in [4.69, 9.17) is 16.9 Å². The Morgan fingerprint density at radius 2 is 2.36 bits per heavy atom. The summed E-state index contributed by atoms with van der Waals surface area (Å²) in [7, 11) is 0. The van der Waals surface area contributed by atoms with Gasteiger partial charge in [-0.25, -0.2) is 4.98 Å². The Hall–Kier alpha value is -0.440. The van der Waals surface area contributed by atoms with Gasteiger partial charge in [0.05, 0.1) is 4.47 Å². The predicted octanol–water partition coefficient (Wildman–Crippen LogP) is 2.79. The number of aromatic nitrogens is 1. The monoisotopic (exact) mass is 293 g/mol. The molecular formula is C8H9BrClN3S. The Morgan fingerprint density at radius 3 is 2.79 bits per heavy atom. The molecule has 0 saturated heterocycles. The largest absolute Gasteiger partial charge is 0.337 e. The number of nitriles is 1. The summed E-state index contributed by atoms with van der Waals surface area (Å²) in [5.74, 6) is 0.975. The first-order chi connectivity index (χ1) is 6.65. The van der Waals surface area contributed by atoms with Crippen LogP contribution in [-0.4, -0.2) is 11.2 Å². The summed E-state index contributed by atoms with van der Waals surface area (Å²) < 4.78 is 0.866. The molecule has 0 aromatic carbocycles. The Balaban J connectivity index is 0.000000500. The maximum Gasteiger partial charge on any atom is 0.173 e. The van der Waals surface area contributed by atoms with Gasteiger partial charge in [0, 0.05) is 11.9 Å². The molecule has 3 nitrogen and oxygen atoms in total. The quantitative estimate of drug-likeness (QED) is 0.517. The second-order valence-electron chi connectivity index (χ2n) is 2.18. The molecule has 0 radical (unpaired) electrons. The zero-order chi connectivity index (χ0) is 11.0. The van der Waals surface area contributed by atoms with Gasteiger partial charge in [-0.3, -0.25) is 0 Å². The van der Waals surface area contributed by atoms with Gasteiger partial charge in [0.2, 0.25) is 0 Å². The van der Waals surface area contributed by atoms with Crippen molar-refractivity contribution in [1.82, 2.24) is 4.98 Å². The molecule has 1 aromatic rings. The second kappa shape index (κ2) is 7.92. The molecule has 0 spiro atoms.